The number of aryl methyl sites for hydroxylation is 1. The zero-order chi connectivity index (χ0) is 31.5. The van der Waals surface area contributed by atoms with Crippen molar-refractivity contribution < 1.29 is 22.7 Å². The van der Waals surface area contributed by atoms with E-state index in [1.54, 1.807) is 29.2 Å². The van der Waals surface area contributed by atoms with Gasteiger partial charge in [-0.15, -0.1) is 0 Å². The lowest BCUT2D eigenvalue weighted by atomic mass is 10.0. The fourth-order valence-electron chi connectivity index (χ4n) is 5.85. The highest BCUT2D eigenvalue weighted by Gasteiger charge is 2.32. The molecular weight excluding hydrogens is 574 g/mol. The molecule has 2 amide bonds. The normalized spacial score (nSPS) is 14.2. The molecular formula is C35H45N3O5S. The number of benzene rings is 3. The summed E-state index contributed by atoms with van der Waals surface area (Å²) in [5.41, 5.74) is 3.42. The number of nitrogens with one attached hydrogen (secondary N) is 1. The van der Waals surface area contributed by atoms with E-state index >= 15 is 0 Å². The Morgan fingerprint density at radius 3 is 2.32 bits per heavy atom. The highest BCUT2D eigenvalue weighted by Crippen LogP contribution is 2.30. The Hall–Kier alpha value is -3.85. The molecule has 44 heavy (non-hydrogen) atoms. The van der Waals surface area contributed by atoms with Crippen LogP contribution in [-0.4, -0.2) is 56.6 Å². The molecule has 3 aromatic rings. The van der Waals surface area contributed by atoms with Crippen molar-refractivity contribution in [3.63, 3.8) is 0 Å². The summed E-state index contributed by atoms with van der Waals surface area (Å²) < 4.78 is 32.7. The molecule has 0 aliphatic heterocycles. The summed E-state index contributed by atoms with van der Waals surface area (Å²) >= 11 is 0. The predicted octanol–water partition coefficient (Wildman–Crippen LogP) is 5.64. The lowest BCUT2D eigenvalue weighted by Gasteiger charge is -2.33. The first-order valence-electron chi connectivity index (χ1n) is 15.5. The van der Waals surface area contributed by atoms with E-state index in [0.29, 0.717) is 24.5 Å². The van der Waals surface area contributed by atoms with Crippen molar-refractivity contribution in [3.8, 4) is 5.75 Å². The highest BCUT2D eigenvalue weighted by molar-refractivity contribution is 7.92. The van der Waals surface area contributed by atoms with Crippen LogP contribution in [0.25, 0.3) is 0 Å². The number of amides is 2. The molecule has 1 saturated carbocycles. The maximum Gasteiger partial charge on any atom is 0.243 e. The van der Waals surface area contributed by atoms with Crippen LogP contribution in [0.5, 0.6) is 5.75 Å². The Labute approximate surface area is 262 Å². The molecule has 1 atom stereocenters. The number of rotatable bonds is 15. The topological polar surface area (TPSA) is 96.0 Å². The van der Waals surface area contributed by atoms with Gasteiger partial charge < -0.3 is 15.0 Å². The lowest BCUT2D eigenvalue weighted by Crippen LogP contribution is -2.52. The molecule has 0 spiro atoms. The van der Waals surface area contributed by atoms with Gasteiger partial charge in [-0.2, -0.15) is 0 Å². The van der Waals surface area contributed by atoms with E-state index in [1.165, 1.54) is 4.31 Å². The predicted molar refractivity (Wildman–Crippen MR) is 175 cm³/mol. The highest BCUT2D eigenvalue weighted by atomic mass is 32.2. The standard InChI is InChI=1S/C35H45N3O5S/c1-4-43-33-21-11-10-20-31(33)38(44(3,41)42)23-13-22-34(39)37(26-29-17-12-14-27(2)24-29)32(25-28-15-6-5-7-16-28)35(40)36-30-18-8-9-19-30/h5-7,10-12,14-17,20-21,24,30,32H,4,8-9,13,18-19,22-23,25-26H2,1-3H3,(H,36,40)/t32-/m0/s1. The first kappa shape index (κ1) is 33.1. The van der Waals surface area contributed by atoms with Crippen LogP contribution >= 0.6 is 0 Å². The van der Waals surface area contributed by atoms with E-state index in [4.69, 9.17) is 4.74 Å². The van der Waals surface area contributed by atoms with Crippen molar-refractivity contribution in [1.29, 1.82) is 0 Å². The van der Waals surface area contributed by atoms with Gasteiger partial charge in [0.15, 0.2) is 0 Å². The summed E-state index contributed by atoms with van der Waals surface area (Å²) in [5, 5.41) is 3.23. The van der Waals surface area contributed by atoms with Crippen LogP contribution in [0.3, 0.4) is 0 Å². The summed E-state index contributed by atoms with van der Waals surface area (Å²) in [5.74, 6) is 0.130. The van der Waals surface area contributed by atoms with Crippen LogP contribution in [0.2, 0.25) is 0 Å². The van der Waals surface area contributed by atoms with Crippen LogP contribution in [-0.2, 0) is 32.6 Å². The van der Waals surface area contributed by atoms with Gasteiger partial charge in [-0.25, -0.2) is 8.42 Å². The quantitative estimate of drug-likeness (QED) is 0.238. The third-order valence-corrected chi connectivity index (χ3v) is 9.17. The van der Waals surface area contributed by atoms with E-state index in [-0.39, 0.29) is 43.8 Å². The number of carbonyl (C=O) groups excluding carboxylic acids is 2. The van der Waals surface area contributed by atoms with Gasteiger partial charge >= 0.3 is 0 Å². The minimum Gasteiger partial charge on any atom is -0.492 e. The van der Waals surface area contributed by atoms with Gasteiger partial charge in [0.1, 0.15) is 11.8 Å². The van der Waals surface area contributed by atoms with E-state index < -0.39 is 16.1 Å². The number of nitrogens with zero attached hydrogens (tertiary/aromatic N) is 2. The van der Waals surface area contributed by atoms with Crippen molar-refractivity contribution in [2.45, 2.75) is 77.4 Å². The fourth-order valence-corrected chi connectivity index (χ4v) is 6.82. The van der Waals surface area contributed by atoms with Crippen LogP contribution in [0.15, 0.2) is 78.9 Å². The Balaban J connectivity index is 1.60. The van der Waals surface area contributed by atoms with Gasteiger partial charge in [-0.3, -0.25) is 13.9 Å². The molecule has 236 valence electrons. The van der Waals surface area contributed by atoms with E-state index in [0.717, 1.165) is 48.6 Å². The average molecular weight is 620 g/mol. The summed E-state index contributed by atoms with van der Waals surface area (Å²) in [6, 6.07) is 24.1. The maximum absolute atomic E-state index is 14.1. The minimum atomic E-state index is -3.65. The van der Waals surface area contributed by atoms with Crippen molar-refractivity contribution >= 4 is 27.5 Å². The molecule has 0 heterocycles. The van der Waals surface area contributed by atoms with E-state index in [9.17, 15) is 18.0 Å². The molecule has 0 radical (unpaired) electrons. The smallest absolute Gasteiger partial charge is 0.243 e. The maximum atomic E-state index is 14.1. The Morgan fingerprint density at radius 1 is 0.955 bits per heavy atom. The molecule has 0 aromatic heterocycles. The number of ether oxygens (including phenoxy) is 1. The third kappa shape index (κ3) is 9.32. The summed E-state index contributed by atoms with van der Waals surface area (Å²) in [6.07, 6.45) is 5.96. The van der Waals surface area contributed by atoms with Crippen molar-refractivity contribution in [3.05, 3.63) is 95.6 Å². The first-order chi connectivity index (χ1) is 21.2. The number of para-hydroxylation sites is 2. The molecule has 8 nitrogen and oxygen atoms in total. The number of hydrogen-bond acceptors (Lipinski definition) is 5. The van der Waals surface area contributed by atoms with Gasteiger partial charge in [0.2, 0.25) is 21.8 Å². The SMILES string of the molecule is CCOc1ccccc1N(CCCC(=O)N(Cc1cccc(C)c1)[C@@H](Cc1ccccc1)C(=O)NC1CCCC1)S(C)(=O)=O. The van der Waals surface area contributed by atoms with Gasteiger partial charge in [-0.05, 0) is 56.4 Å². The molecule has 4 rings (SSSR count). The molecule has 1 N–H and O–H groups in total. The minimum absolute atomic E-state index is 0.0800. The second-order valence-corrected chi connectivity index (χ2v) is 13.5. The van der Waals surface area contributed by atoms with Crippen LogP contribution < -0.4 is 14.4 Å². The Bertz CT molecular complexity index is 1490. The van der Waals surface area contributed by atoms with Gasteiger partial charge in [0.25, 0.3) is 0 Å². The number of anilines is 1. The van der Waals surface area contributed by atoms with E-state index in [2.05, 4.69) is 5.32 Å². The zero-order valence-corrected chi connectivity index (χ0v) is 26.9. The molecule has 1 aliphatic rings. The Morgan fingerprint density at radius 2 is 1.64 bits per heavy atom. The average Bonchev–Trinajstić information content (AvgIpc) is 3.50. The number of sulfonamides is 1. The van der Waals surface area contributed by atoms with E-state index in [1.807, 2.05) is 68.4 Å². The van der Waals surface area contributed by atoms with Gasteiger partial charge in [-0.1, -0.05) is 85.1 Å². The van der Waals surface area contributed by atoms with Gasteiger partial charge in [0.05, 0.1) is 18.6 Å². The van der Waals surface area contributed by atoms with Crippen LogP contribution in [0.4, 0.5) is 5.69 Å². The van der Waals surface area contributed by atoms with Crippen LogP contribution in [0, 0.1) is 6.92 Å². The van der Waals surface area contributed by atoms with Crippen molar-refractivity contribution in [1.82, 2.24) is 10.2 Å². The summed E-state index contributed by atoms with van der Waals surface area (Å²) in [7, 11) is -3.65. The third-order valence-electron chi connectivity index (χ3n) is 7.99. The zero-order valence-electron chi connectivity index (χ0n) is 26.1. The second-order valence-electron chi connectivity index (χ2n) is 11.5. The summed E-state index contributed by atoms with van der Waals surface area (Å²) in [4.78, 5) is 29.7. The monoisotopic (exact) mass is 619 g/mol. The molecule has 0 unspecified atom stereocenters. The second kappa shape index (κ2) is 15.7. The van der Waals surface area contributed by atoms with Crippen LogP contribution in [0.1, 0.15) is 62.1 Å². The summed E-state index contributed by atoms with van der Waals surface area (Å²) in [6.45, 7) is 4.62. The fraction of sp³-hybridized carbons (Fsp3) is 0.429. The number of hydrogen-bond donors (Lipinski definition) is 1. The first-order valence-corrected chi connectivity index (χ1v) is 17.4. The molecule has 3 aromatic carbocycles. The molecule has 9 heteroatoms. The molecule has 0 saturated heterocycles. The van der Waals surface area contributed by atoms with Crippen molar-refractivity contribution in [2.24, 2.45) is 0 Å². The van der Waals surface area contributed by atoms with Gasteiger partial charge in [0, 0.05) is 32.0 Å². The Kier molecular flexibility index (Phi) is 11.8. The molecule has 1 aliphatic carbocycles. The largest absolute Gasteiger partial charge is 0.492 e. The molecule has 1 fully saturated rings. The lowest BCUT2D eigenvalue weighted by molar-refractivity contribution is -0.141. The number of carbonyl (C=O) groups is 2. The van der Waals surface area contributed by atoms with Crippen molar-refractivity contribution in [2.75, 3.05) is 23.7 Å². The molecule has 0 bridgehead atoms.